The van der Waals surface area contributed by atoms with E-state index in [1.807, 2.05) is 72.8 Å². The van der Waals surface area contributed by atoms with Crippen molar-refractivity contribution in [2.75, 3.05) is 0 Å². The van der Waals surface area contributed by atoms with Crippen molar-refractivity contribution in [1.82, 2.24) is 0 Å². The third kappa shape index (κ3) is 7.82. The van der Waals surface area contributed by atoms with Gasteiger partial charge in [-0.2, -0.15) is 0 Å². The monoisotopic (exact) mass is 952 g/mol. The average Bonchev–Trinajstić information content (AvgIpc) is 3.49. The minimum absolute atomic E-state index is 0.604. The molecule has 0 unspecified atom stereocenters. The van der Waals surface area contributed by atoms with Gasteiger partial charge >= 0.3 is 0 Å². The summed E-state index contributed by atoms with van der Waals surface area (Å²) in [6.45, 7) is 0. The van der Waals surface area contributed by atoms with Crippen LogP contribution in [0.3, 0.4) is 0 Å². The van der Waals surface area contributed by atoms with E-state index in [4.69, 9.17) is 51.4 Å². The highest BCUT2D eigenvalue weighted by Gasteiger charge is 2.23. The summed E-state index contributed by atoms with van der Waals surface area (Å²) in [7, 11) is 0. The third-order valence-electron chi connectivity index (χ3n) is 14.3. The molecule has 0 aromatic heterocycles. The van der Waals surface area contributed by atoms with Gasteiger partial charge in [0.05, 0.1) is 0 Å². The van der Waals surface area contributed by atoms with E-state index in [9.17, 15) is 0 Å². The van der Waals surface area contributed by atoms with Crippen LogP contribution in [0.5, 0.6) is 0 Å². The number of hydrogen-bond acceptors (Lipinski definition) is 0. The van der Waals surface area contributed by atoms with Crippen LogP contribution in [0.1, 0.15) is 44.5 Å². The summed E-state index contributed by atoms with van der Waals surface area (Å²) in [5.41, 5.74) is 18.2. The first-order chi connectivity index (χ1) is 37.4. The predicted octanol–water partition coefficient (Wildman–Crippen LogP) is 16.7. The van der Waals surface area contributed by atoms with Crippen LogP contribution >= 0.6 is 0 Å². The fourth-order valence-corrected chi connectivity index (χ4v) is 10.9. The molecule has 11 aromatic rings. The molecule has 0 saturated heterocycles. The van der Waals surface area contributed by atoms with E-state index in [2.05, 4.69) is 169 Å². The summed E-state index contributed by atoms with van der Waals surface area (Å²) < 4.78 is 0. The molecule has 0 fully saturated rings. The summed E-state index contributed by atoms with van der Waals surface area (Å²) in [6.07, 6.45) is 48.8. The van der Waals surface area contributed by atoms with E-state index in [1.54, 1.807) is 0 Å². The van der Waals surface area contributed by atoms with Gasteiger partial charge in [-0.15, -0.1) is 51.4 Å². The van der Waals surface area contributed by atoms with Crippen LogP contribution < -0.4 is 0 Å². The molecule has 0 aliphatic rings. The highest BCUT2D eigenvalue weighted by molar-refractivity contribution is 6.24. The predicted molar refractivity (Wildman–Crippen MR) is 320 cm³/mol. The molecule has 11 rings (SSSR count). The molecular formula is C76H40. The summed E-state index contributed by atoms with van der Waals surface area (Å²) in [6, 6.07) is 66.6. The molecule has 11 aromatic carbocycles. The van der Waals surface area contributed by atoms with E-state index in [-0.39, 0.29) is 0 Å². The summed E-state index contributed by atoms with van der Waals surface area (Å²) in [4.78, 5) is 0. The van der Waals surface area contributed by atoms with Gasteiger partial charge in [-0.05, 0) is 165 Å². The van der Waals surface area contributed by atoms with Gasteiger partial charge in [0, 0.05) is 44.5 Å². The Labute approximate surface area is 445 Å². The van der Waals surface area contributed by atoms with Crippen molar-refractivity contribution in [1.29, 1.82) is 0 Å². The molecule has 0 aliphatic carbocycles. The number of fused-ring (bicyclic) bond motifs is 3. The number of benzene rings is 11. The van der Waals surface area contributed by atoms with Crippen LogP contribution in [-0.2, 0) is 0 Å². The Morgan fingerprint density at radius 3 is 1.16 bits per heavy atom. The number of rotatable bonds is 7. The van der Waals surface area contributed by atoms with Crippen molar-refractivity contribution >= 4 is 32.3 Å². The number of terminal acetylenes is 8. The van der Waals surface area contributed by atoms with Crippen molar-refractivity contribution in [2.24, 2.45) is 0 Å². The molecule has 0 nitrogen and oxygen atoms in total. The normalized spacial score (nSPS) is 10.5. The Morgan fingerprint density at radius 2 is 0.605 bits per heavy atom. The Kier molecular flexibility index (Phi) is 12.2. The maximum Gasteiger partial charge on any atom is 0.0477 e. The Morgan fingerprint density at radius 1 is 0.197 bits per heavy atom. The van der Waals surface area contributed by atoms with Gasteiger partial charge in [-0.3, -0.25) is 0 Å². The number of hydrogen-bond donors (Lipinski definition) is 0. The van der Waals surface area contributed by atoms with Crippen molar-refractivity contribution in [2.45, 2.75) is 0 Å². The molecule has 76 heavy (non-hydrogen) atoms. The zero-order valence-corrected chi connectivity index (χ0v) is 41.1. The van der Waals surface area contributed by atoms with Gasteiger partial charge in [0.15, 0.2) is 0 Å². The SMILES string of the molecule is C#Cc1ccc(-c2cccc(-c3cccc(C#C)c3C#C)c2-c2cc(-c3cccc(C#C)c3C#C)cc(-c3ccc(-c4c5ccccc5c(-c5ccc(C#C)c(C#C)c5)c5ccccc45)c4ccccc34)c2)cc1C#C. The van der Waals surface area contributed by atoms with Crippen LogP contribution in [0.15, 0.2) is 194 Å². The smallest absolute Gasteiger partial charge is 0.0477 e. The lowest BCUT2D eigenvalue weighted by Gasteiger charge is -2.21. The lowest BCUT2D eigenvalue weighted by Crippen LogP contribution is -1.97. The average molecular weight is 953 g/mol. The molecule has 0 bridgehead atoms. The zero-order chi connectivity index (χ0) is 52.5. The lowest BCUT2D eigenvalue weighted by atomic mass is 9.81. The highest BCUT2D eigenvalue weighted by Crippen LogP contribution is 2.49. The first kappa shape index (κ1) is 47.0. The van der Waals surface area contributed by atoms with Gasteiger partial charge in [0.25, 0.3) is 0 Å². The quantitative estimate of drug-likeness (QED) is 0.110. The topological polar surface area (TPSA) is 0 Å². The van der Waals surface area contributed by atoms with E-state index < -0.39 is 0 Å². The minimum Gasteiger partial charge on any atom is -0.115 e. The second-order valence-electron chi connectivity index (χ2n) is 18.2. The molecule has 0 radical (unpaired) electrons. The van der Waals surface area contributed by atoms with Gasteiger partial charge in [0.1, 0.15) is 0 Å². The van der Waals surface area contributed by atoms with E-state index in [0.717, 1.165) is 110 Å². The standard InChI is InChI=1S/C76H40/c1-9-49-38-40-55(44-53(49)13-5)64-35-25-37-68(65-36-24-27-52(12-4)61(65)16-8)75(64)59-47-57(62-34-23-26-51(11-3)60(62)15-7)46-58(48-59)63-42-43-73(67-29-18-17-28-66(63)67)76-71-32-21-19-30-69(71)74(70-31-20-22-33-72(70)76)56-41-39-50(10-2)54(14-6)45-56/h1-8,17-48H. The van der Waals surface area contributed by atoms with E-state index >= 15 is 0 Å². The van der Waals surface area contributed by atoms with Crippen LogP contribution in [0.25, 0.3) is 110 Å². The van der Waals surface area contributed by atoms with Crippen molar-refractivity contribution in [3.8, 4) is 177 Å². The van der Waals surface area contributed by atoms with Gasteiger partial charge in [-0.1, -0.05) is 187 Å². The fourth-order valence-electron chi connectivity index (χ4n) is 10.9. The molecule has 0 amide bonds. The highest BCUT2D eigenvalue weighted by atomic mass is 14.3. The van der Waals surface area contributed by atoms with E-state index in [1.165, 1.54) is 0 Å². The molecule has 0 N–H and O–H groups in total. The van der Waals surface area contributed by atoms with Crippen LogP contribution in [0.2, 0.25) is 0 Å². The lowest BCUT2D eigenvalue weighted by molar-refractivity contribution is 1.51. The van der Waals surface area contributed by atoms with Gasteiger partial charge in [0.2, 0.25) is 0 Å². The molecule has 0 aliphatic heterocycles. The Hall–Kier alpha value is -11.3. The second-order valence-corrected chi connectivity index (χ2v) is 18.2. The Bertz CT molecular complexity index is 4600. The summed E-state index contributed by atoms with van der Waals surface area (Å²) >= 11 is 0. The minimum atomic E-state index is 0.604. The molecule has 0 atom stereocenters. The molecule has 0 heterocycles. The first-order valence-electron chi connectivity index (χ1n) is 24.4. The molecule has 0 spiro atoms. The first-order valence-corrected chi connectivity index (χ1v) is 24.4. The van der Waals surface area contributed by atoms with Crippen molar-refractivity contribution < 1.29 is 0 Å². The molecule has 344 valence electrons. The molecule has 0 saturated carbocycles. The molecule has 0 heteroatoms. The maximum atomic E-state index is 6.34. The third-order valence-corrected chi connectivity index (χ3v) is 14.3. The van der Waals surface area contributed by atoms with Gasteiger partial charge in [-0.25, -0.2) is 0 Å². The summed E-state index contributed by atoms with van der Waals surface area (Å²) in [5, 5.41) is 6.51. The van der Waals surface area contributed by atoms with Crippen LogP contribution in [0, 0.1) is 98.8 Å². The largest absolute Gasteiger partial charge is 0.115 e. The second kappa shape index (κ2) is 19.7. The van der Waals surface area contributed by atoms with E-state index in [0.29, 0.717) is 44.5 Å². The van der Waals surface area contributed by atoms with Crippen molar-refractivity contribution in [3.05, 3.63) is 239 Å². The van der Waals surface area contributed by atoms with Crippen molar-refractivity contribution in [3.63, 3.8) is 0 Å². The van der Waals surface area contributed by atoms with Gasteiger partial charge < -0.3 is 0 Å². The Balaban J connectivity index is 1.22. The maximum absolute atomic E-state index is 6.34. The zero-order valence-electron chi connectivity index (χ0n) is 41.1. The van der Waals surface area contributed by atoms with Crippen LogP contribution in [-0.4, -0.2) is 0 Å². The summed E-state index contributed by atoms with van der Waals surface area (Å²) in [5.74, 6) is 22.6. The van der Waals surface area contributed by atoms with Crippen LogP contribution in [0.4, 0.5) is 0 Å². The molecular weight excluding hydrogens is 913 g/mol. The fraction of sp³-hybridized carbons (Fsp3) is 0.